The lowest BCUT2D eigenvalue weighted by Gasteiger charge is -2.14. The summed E-state index contributed by atoms with van der Waals surface area (Å²) in [5.41, 5.74) is 3.56. The van der Waals surface area contributed by atoms with Crippen LogP contribution in [0.15, 0.2) is 53.0 Å². The largest absolute Gasteiger partial charge is 0.350 e. The molecule has 0 bridgehead atoms. The van der Waals surface area contributed by atoms with Crippen molar-refractivity contribution in [2.24, 2.45) is 0 Å². The van der Waals surface area contributed by atoms with Crippen LogP contribution in [0.5, 0.6) is 0 Å². The van der Waals surface area contributed by atoms with Gasteiger partial charge in [-0.1, -0.05) is 57.9 Å². The molecule has 2 nitrogen and oxygen atoms in total. The van der Waals surface area contributed by atoms with Crippen molar-refractivity contribution in [3.63, 3.8) is 0 Å². The van der Waals surface area contributed by atoms with Crippen molar-refractivity contribution in [2.75, 3.05) is 0 Å². The van der Waals surface area contributed by atoms with Gasteiger partial charge >= 0.3 is 0 Å². The molecule has 2 rings (SSSR count). The molecular formula is C18H20BrNO. The second kappa shape index (κ2) is 7.41. The summed E-state index contributed by atoms with van der Waals surface area (Å²) in [5.74, 6) is 0.0897. The molecule has 2 aromatic rings. The normalized spacial score (nSPS) is 12.0. The van der Waals surface area contributed by atoms with E-state index in [1.54, 1.807) is 0 Å². The number of carbonyl (C=O) groups excluding carboxylic acids is 1. The summed E-state index contributed by atoms with van der Waals surface area (Å²) < 4.78 is 1.05. The van der Waals surface area contributed by atoms with Crippen LogP contribution in [0.2, 0.25) is 0 Å². The van der Waals surface area contributed by atoms with Gasteiger partial charge < -0.3 is 5.32 Å². The van der Waals surface area contributed by atoms with E-state index in [1.165, 1.54) is 11.1 Å². The van der Waals surface area contributed by atoms with Crippen LogP contribution in [0.4, 0.5) is 0 Å². The van der Waals surface area contributed by atoms with Gasteiger partial charge in [0.15, 0.2) is 0 Å². The van der Waals surface area contributed by atoms with Crippen molar-refractivity contribution in [1.82, 2.24) is 5.32 Å². The second-order valence-electron chi connectivity index (χ2n) is 5.33. The fraction of sp³-hybridized carbons (Fsp3) is 0.278. The molecule has 2 aromatic carbocycles. The van der Waals surface area contributed by atoms with Crippen molar-refractivity contribution in [1.29, 1.82) is 0 Å². The highest BCUT2D eigenvalue weighted by molar-refractivity contribution is 9.10. The molecule has 0 aliphatic heterocycles. The highest BCUT2D eigenvalue weighted by atomic mass is 79.9. The highest BCUT2D eigenvalue weighted by Gasteiger charge is 2.09. The van der Waals surface area contributed by atoms with Crippen molar-refractivity contribution >= 4 is 21.8 Å². The van der Waals surface area contributed by atoms with Crippen molar-refractivity contribution in [2.45, 2.75) is 32.7 Å². The molecule has 0 saturated heterocycles. The SMILES string of the molecule is Cc1cccc(CCC(=O)NC(C)c2ccc(Br)cc2)c1. The molecule has 0 saturated carbocycles. The van der Waals surface area contributed by atoms with E-state index in [2.05, 4.69) is 46.4 Å². The zero-order valence-corrected chi connectivity index (χ0v) is 14.0. The standard InChI is InChI=1S/C18H20BrNO/c1-13-4-3-5-15(12-13)6-11-18(21)20-14(2)16-7-9-17(19)10-8-16/h3-5,7-10,12,14H,6,11H2,1-2H3,(H,20,21). The van der Waals surface area contributed by atoms with Gasteiger partial charge in [0.2, 0.25) is 5.91 Å². The van der Waals surface area contributed by atoms with Gasteiger partial charge in [0.05, 0.1) is 6.04 Å². The topological polar surface area (TPSA) is 29.1 Å². The Morgan fingerprint density at radius 3 is 2.57 bits per heavy atom. The van der Waals surface area contributed by atoms with Gasteiger partial charge in [-0.25, -0.2) is 0 Å². The fourth-order valence-corrected chi connectivity index (χ4v) is 2.54. The first-order valence-corrected chi connectivity index (χ1v) is 7.94. The van der Waals surface area contributed by atoms with E-state index in [0.29, 0.717) is 6.42 Å². The Labute approximate surface area is 134 Å². The van der Waals surface area contributed by atoms with E-state index < -0.39 is 0 Å². The molecule has 0 radical (unpaired) electrons. The Morgan fingerprint density at radius 1 is 1.19 bits per heavy atom. The minimum atomic E-state index is 0.0307. The lowest BCUT2D eigenvalue weighted by molar-refractivity contribution is -0.121. The third-order valence-electron chi connectivity index (χ3n) is 3.47. The highest BCUT2D eigenvalue weighted by Crippen LogP contribution is 2.16. The second-order valence-corrected chi connectivity index (χ2v) is 6.25. The summed E-state index contributed by atoms with van der Waals surface area (Å²) in [4.78, 5) is 12.0. The van der Waals surface area contributed by atoms with Crippen LogP contribution in [0.3, 0.4) is 0 Å². The molecule has 0 aromatic heterocycles. The van der Waals surface area contributed by atoms with Crippen LogP contribution in [-0.4, -0.2) is 5.91 Å². The minimum Gasteiger partial charge on any atom is -0.350 e. The summed E-state index contributed by atoms with van der Waals surface area (Å²) in [7, 11) is 0. The van der Waals surface area contributed by atoms with Gasteiger partial charge in [-0.05, 0) is 43.5 Å². The van der Waals surface area contributed by atoms with Crippen LogP contribution in [0, 0.1) is 6.92 Å². The van der Waals surface area contributed by atoms with E-state index in [9.17, 15) is 4.79 Å². The summed E-state index contributed by atoms with van der Waals surface area (Å²) in [6.07, 6.45) is 1.30. The number of rotatable bonds is 5. The number of carbonyl (C=O) groups is 1. The smallest absolute Gasteiger partial charge is 0.220 e. The Kier molecular flexibility index (Phi) is 5.57. The zero-order chi connectivity index (χ0) is 15.2. The van der Waals surface area contributed by atoms with Crippen molar-refractivity contribution in [3.8, 4) is 0 Å². The van der Waals surface area contributed by atoms with E-state index >= 15 is 0 Å². The van der Waals surface area contributed by atoms with Crippen LogP contribution >= 0.6 is 15.9 Å². The quantitative estimate of drug-likeness (QED) is 0.844. The van der Waals surface area contributed by atoms with E-state index in [0.717, 1.165) is 16.5 Å². The van der Waals surface area contributed by atoms with Gasteiger partial charge in [0, 0.05) is 10.9 Å². The molecule has 0 spiro atoms. The molecule has 1 amide bonds. The van der Waals surface area contributed by atoms with Crippen molar-refractivity contribution < 1.29 is 4.79 Å². The molecule has 3 heteroatoms. The molecule has 1 N–H and O–H groups in total. The Morgan fingerprint density at radius 2 is 1.90 bits per heavy atom. The van der Waals surface area contributed by atoms with E-state index in [1.807, 2.05) is 37.3 Å². The molecule has 0 fully saturated rings. The zero-order valence-electron chi connectivity index (χ0n) is 12.4. The molecule has 1 atom stereocenters. The van der Waals surface area contributed by atoms with E-state index in [-0.39, 0.29) is 11.9 Å². The third-order valence-corrected chi connectivity index (χ3v) is 4.00. The molecule has 0 aliphatic rings. The molecule has 0 aliphatic carbocycles. The average Bonchev–Trinajstić information content (AvgIpc) is 2.46. The maximum absolute atomic E-state index is 12.0. The van der Waals surface area contributed by atoms with Crippen LogP contribution < -0.4 is 5.32 Å². The summed E-state index contributed by atoms with van der Waals surface area (Å²) >= 11 is 3.41. The first-order chi connectivity index (χ1) is 10.0. The van der Waals surface area contributed by atoms with Gasteiger partial charge in [-0.15, -0.1) is 0 Å². The molecule has 1 unspecified atom stereocenters. The summed E-state index contributed by atoms with van der Waals surface area (Å²) in [6.45, 7) is 4.08. The van der Waals surface area contributed by atoms with Crippen LogP contribution in [0.1, 0.15) is 36.1 Å². The third kappa shape index (κ3) is 5.01. The van der Waals surface area contributed by atoms with Crippen molar-refractivity contribution in [3.05, 3.63) is 69.7 Å². The summed E-state index contributed by atoms with van der Waals surface area (Å²) in [6, 6.07) is 16.4. The minimum absolute atomic E-state index is 0.0307. The van der Waals surface area contributed by atoms with Gasteiger partial charge in [-0.3, -0.25) is 4.79 Å². The lowest BCUT2D eigenvalue weighted by Crippen LogP contribution is -2.26. The van der Waals surface area contributed by atoms with Crippen LogP contribution in [-0.2, 0) is 11.2 Å². The predicted octanol–water partition coefficient (Wildman–Crippen LogP) is 4.57. The van der Waals surface area contributed by atoms with E-state index in [4.69, 9.17) is 0 Å². The van der Waals surface area contributed by atoms with Gasteiger partial charge in [-0.2, -0.15) is 0 Å². The number of hydrogen-bond acceptors (Lipinski definition) is 1. The lowest BCUT2D eigenvalue weighted by atomic mass is 10.1. The number of benzene rings is 2. The first-order valence-electron chi connectivity index (χ1n) is 7.15. The van der Waals surface area contributed by atoms with Crippen LogP contribution in [0.25, 0.3) is 0 Å². The Hall–Kier alpha value is -1.61. The predicted molar refractivity (Wildman–Crippen MR) is 90.2 cm³/mol. The average molecular weight is 346 g/mol. The number of aryl methyl sites for hydroxylation is 2. The summed E-state index contributed by atoms with van der Waals surface area (Å²) in [5, 5.41) is 3.05. The number of hydrogen-bond donors (Lipinski definition) is 1. The number of halogens is 1. The maximum Gasteiger partial charge on any atom is 0.220 e. The molecule has 110 valence electrons. The maximum atomic E-state index is 12.0. The first kappa shape index (κ1) is 15.8. The number of nitrogens with one attached hydrogen (secondary N) is 1. The molecule has 0 heterocycles. The van der Waals surface area contributed by atoms with Gasteiger partial charge in [0.25, 0.3) is 0 Å². The fourth-order valence-electron chi connectivity index (χ4n) is 2.27. The Bertz CT molecular complexity index is 607. The van der Waals surface area contributed by atoms with Gasteiger partial charge in [0.1, 0.15) is 0 Å². The number of amides is 1. The monoisotopic (exact) mass is 345 g/mol. The molecular weight excluding hydrogens is 326 g/mol. The molecule has 21 heavy (non-hydrogen) atoms. The Balaban J connectivity index is 1.85.